The highest BCUT2D eigenvalue weighted by Crippen LogP contribution is 2.24. The van der Waals surface area contributed by atoms with Crippen molar-refractivity contribution in [1.29, 1.82) is 5.26 Å². The highest BCUT2D eigenvalue weighted by atomic mass is 32.2. The van der Waals surface area contributed by atoms with Gasteiger partial charge in [-0.2, -0.15) is 5.26 Å². The Hall–Kier alpha value is -2.19. The van der Waals surface area contributed by atoms with Crippen LogP contribution in [-0.4, -0.2) is 11.3 Å². The molecule has 2 aromatic carbocycles. The molecular formula is C15H12FNO2S. The first-order valence-electron chi connectivity index (χ1n) is 5.85. The van der Waals surface area contributed by atoms with Gasteiger partial charge in [-0.15, -0.1) is 0 Å². The van der Waals surface area contributed by atoms with E-state index in [9.17, 15) is 8.60 Å². The number of rotatable bonds is 4. The van der Waals surface area contributed by atoms with E-state index in [-0.39, 0.29) is 11.3 Å². The molecule has 0 spiro atoms. The quantitative estimate of drug-likeness (QED) is 0.869. The van der Waals surface area contributed by atoms with Gasteiger partial charge in [-0.1, -0.05) is 18.2 Å². The second-order valence-corrected chi connectivity index (χ2v) is 5.48. The van der Waals surface area contributed by atoms with E-state index in [1.165, 1.54) is 19.2 Å². The third-order valence-corrected chi connectivity index (χ3v) is 4.18. The van der Waals surface area contributed by atoms with Crippen molar-refractivity contribution in [3.8, 4) is 11.8 Å². The number of hydrogen-bond acceptors (Lipinski definition) is 3. The highest BCUT2D eigenvalue weighted by molar-refractivity contribution is 7.84. The van der Waals surface area contributed by atoms with Gasteiger partial charge in [0.1, 0.15) is 11.6 Å². The molecule has 0 fully saturated rings. The van der Waals surface area contributed by atoms with Gasteiger partial charge in [-0.05, 0) is 24.3 Å². The molecule has 3 nitrogen and oxygen atoms in total. The lowest BCUT2D eigenvalue weighted by atomic mass is 10.1. The molecule has 0 aliphatic heterocycles. The van der Waals surface area contributed by atoms with Gasteiger partial charge in [0, 0.05) is 5.56 Å². The van der Waals surface area contributed by atoms with Crippen molar-refractivity contribution < 1.29 is 13.3 Å². The maximum Gasteiger partial charge on any atom is 0.134 e. The van der Waals surface area contributed by atoms with Crippen LogP contribution in [0.2, 0.25) is 0 Å². The summed E-state index contributed by atoms with van der Waals surface area (Å²) in [6.07, 6.45) is 0. The maximum absolute atomic E-state index is 13.8. The Balaban J connectivity index is 2.26. The van der Waals surface area contributed by atoms with E-state index in [1.54, 1.807) is 24.3 Å². The van der Waals surface area contributed by atoms with Crippen molar-refractivity contribution >= 4 is 10.8 Å². The summed E-state index contributed by atoms with van der Waals surface area (Å²) in [5.41, 5.74) is 0.558. The zero-order valence-electron chi connectivity index (χ0n) is 10.8. The van der Waals surface area contributed by atoms with E-state index >= 15 is 0 Å². The van der Waals surface area contributed by atoms with E-state index in [0.717, 1.165) is 6.07 Å². The summed E-state index contributed by atoms with van der Waals surface area (Å²) in [4.78, 5) is 0.527. The Bertz CT molecular complexity index is 695. The van der Waals surface area contributed by atoms with Gasteiger partial charge in [0.05, 0.1) is 40.2 Å². The number of benzene rings is 2. The lowest BCUT2D eigenvalue weighted by molar-refractivity contribution is 0.404. The van der Waals surface area contributed by atoms with Gasteiger partial charge in [0.15, 0.2) is 0 Å². The zero-order chi connectivity index (χ0) is 14.5. The Morgan fingerprint density at radius 2 is 2.05 bits per heavy atom. The number of hydrogen-bond donors (Lipinski definition) is 0. The molecule has 0 heterocycles. The summed E-state index contributed by atoms with van der Waals surface area (Å²) in [6, 6.07) is 12.9. The van der Waals surface area contributed by atoms with Crippen molar-refractivity contribution in [3.05, 3.63) is 59.4 Å². The molecular weight excluding hydrogens is 277 g/mol. The van der Waals surface area contributed by atoms with Crippen LogP contribution in [0.4, 0.5) is 4.39 Å². The first-order valence-corrected chi connectivity index (χ1v) is 7.17. The zero-order valence-corrected chi connectivity index (χ0v) is 11.6. The largest absolute Gasteiger partial charge is 0.495 e. The molecule has 0 radical (unpaired) electrons. The molecule has 0 amide bonds. The van der Waals surface area contributed by atoms with E-state index in [0.29, 0.717) is 16.2 Å². The molecule has 2 rings (SSSR count). The summed E-state index contributed by atoms with van der Waals surface area (Å²) >= 11 is 0. The van der Waals surface area contributed by atoms with Gasteiger partial charge in [-0.25, -0.2) is 4.39 Å². The van der Waals surface area contributed by atoms with Crippen molar-refractivity contribution in [2.45, 2.75) is 10.6 Å². The lowest BCUT2D eigenvalue weighted by Crippen LogP contribution is -2.01. The third-order valence-electron chi connectivity index (χ3n) is 2.78. The van der Waals surface area contributed by atoms with E-state index in [4.69, 9.17) is 10.00 Å². The van der Waals surface area contributed by atoms with Crippen LogP contribution in [0.5, 0.6) is 5.75 Å². The fourth-order valence-electron chi connectivity index (χ4n) is 1.76. The summed E-state index contributed by atoms with van der Waals surface area (Å²) in [6.45, 7) is 0. The summed E-state index contributed by atoms with van der Waals surface area (Å²) in [5.74, 6) is 0.0324. The van der Waals surface area contributed by atoms with E-state index in [2.05, 4.69) is 0 Å². The standard InChI is InChI=1S/C15H12FNO2S/c1-19-14-4-2-3-5-15(14)20(18)10-12-7-6-11(9-17)8-13(12)16/h2-8H,10H2,1H3. The SMILES string of the molecule is COc1ccccc1S(=O)Cc1ccc(C#N)cc1F. The van der Waals surface area contributed by atoms with Crippen LogP contribution in [0, 0.1) is 17.1 Å². The Morgan fingerprint density at radius 3 is 2.70 bits per heavy atom. The molecule has 0 aliphatic carbocycles. The normalized spacial score (nSPS) is 11.7. The second-order valence-electron chi connectivity index (χ2n) is 4.06. The van der Waals surface area contributed by atoms with Gasteiger partial charge in [0.25, 0.3) is 0 Å². The van der Waals surface area contributed by atoms with E-state index < -0.39 is 16.6 Å². The molecule has 2 aromatic rings. The minimum absolute atomic E-state index is 0.0396. The molecule has 5 heteroatoms. The van der Waals surface area contributed by atoms with Crippen molar-refractivity contribution in [2.75, 3.05) is 7.11 Å². The van der Waals surface area contributed by atoms with Gasteiger partial charge in [-0.3, -0.25) is 4.21 Å². The van der Waals surface area contributed by atoms with Crippen LogP contribution in [0.25, 0.3) is 0 Å². The first kappa shape index (κ1) is 14.2. The third kappa shape index (κ3) is 3.03. The molecule has 0 saturated heterocycles. The minimum atomic E-state index is -1.41. The number of nitriles is 1. The molecule has 0 N–H and O–H groups in total. The topological polar surface area (TPSA) is 50.1 Å². The molecule has 1 atom stereocenters. The predicted molar refractivity (Wildman–Crippen MR) is 74.2 cm³/mol. The van der Waals surface area contributed by atoms with Crippen LogP contribution >= 0.6 is 0 Å². The first-order chi connectivity index (χ1) is 9.65. The summed E-state index contributed by atoms with van der Waals surface area (Å²) < 4.78 is 31.2. The molecule has 0 aromatic heterocycles. The monoisotopic (exact) mass is 289 g/mol. The average Bonchev–Trinajstić information content (AvgIpc) is 2.49. The minimum Gasteiger partial charge on any atom is -0.495 e. The molecule has 20 heavy (non-hydrogen) atoms. The molecule has 0 saturated carbocycles. The number of halogens is 1. The molecule has 1 unspecified atom stereocenters. The van der Waals surface area contributed by atoms with Crippen LogP contribution in [-0.2, 0) is 16.6 Å². The highest BCUT2D eigenvalue weighted by Gasteiger charge is 2.13. The van der Waals surface area contributed by atoms with Crippen LogP contribution in [0.3, 0.4) is 0 Å². The Morgan fingerprint density at radius 1 is 1.30 bits per heavy atom. The van der Waals surface area contributed by atoms with Crippen LogP contribution < -0.4 is 4.74 Å². The number of methoxy groups -OCH3 is 1. The second kappa shape index (κ2) is 6.31. The van der Waals surface area contributed by atoms with Crippen LogP contribution in [0.15, 0.2) is 47.4 Å². The van der Waals surface area contributed by atoms with Crippen LogP contribution in [0.1, 0.15) is 11.1 Å². The van der Waals surface area contributed by atoms with E-state index in [1.807, 2.05) is 6.07 Å². The molecule has 0 bridgehead atoms. The fraction of sp³-hybridized carbons (Fsp3) is 0.133. The van der Waals surface area contributed by atoms with Crippen molar-refractivity contribution in [3.63, 3.8) is 0 Å². The molecule has 102 valence electrons. The number of para-hydroxylation sites is 1. The van der Waals surface area contributed by atoms with Gasteiger partial charge >= 0.3 is 0 Å². The number of ether oxygens (including phenoxy) is 1. The predicted octanol–water partition coefficient (Wildman–Crippen LogP) is 3.01. The maximum atomic E-state index is 13.8. The van der Waals surface area contributed by atoms with Gasteiger partial charge < -0.3 is 4.74 Å². The molecule has 0 aliphatic rings. The van der Waals surface area contributed by atoms with Crippen molar-refractivity contribution in [2.24, 2.45) is 0 Å². The average molecular weight is 289 g/mol. The summed E-state index contributed by atoms with van der Waals surface area (Å²) in [5, 5.41) is 8.69. The summed E-state index contributed by atoms with van der Waals surface area (Å²) in [7, 11) is 0.0858. The fourth-order valence-corrected chi connectivity index (χ4v) is 3.04. The smallest absolute Gasteiger partial charge is 0.134 e. The van der Waals surface area contributed by atoms with Crippen molar-refractivity contribution in [1.82, 2.24) is 0 Å². The Labute approximate surface area is 119 Å². The Kier molecular flexibility index (Phi) is 4.49. The lowest BCUT2D eigenvalue weighted by Gasteiger charge is -2.08. The van der Waals surface area contributed by atoms with Gasteiger partial charge in [0.2, 0.25) is 0 Å². The number of nitrogens with zero attached hydrogens (tertiary/aromatic N) is 1.